The number of benzene rings is 1. The van der Waals surface area contributed by atoms with Crippen LogP contribution in [0.15, 0.2) is 4.79 Å². The smallest absolute Gasteiger partial charge is 0.262 e. The number of aromatic amines is 1. The fourth-order valence-electron chi connectivity index (χ4n) is 2.20. The van der Waals surface area contributed by atoms with E-state index >= 15 is 0 Å². The molecule has 0 fully saturated rings. The summed E-state index contributed by atoms with van der Waals surface area (Å²) in [4.78, 5) is 13.6. The molecule has 0 amide bonds. The van der Waals surface area contributed by atoms with E-state index in [0.29, 0.717) is 6.42 Å². The van der Waals surface area contributed by atoms with Crippen LogP contribution in [0.1, 0.15) is 31.7 Å². The quantitative estimate of drug-likeness (QED) is 0.365. The topological polar surface area (TPSA) is 134 Å². The Kier molecular flexibility index (Phi) is 3.13. The van der Waals surface area contributed by atoms with Crippen molar-refractivity contribution in [2.24, 2.45) is 0 Å². The summed E-state index contributed by atoms with van der Waals surface area (Å²) in [6.07, 6.45) is 0.544. The van der Waals surface area contributed by atoms with Crippen LogP contribution in [0.4, 0.5) is 0 Å². The number of nitrogens with one attached hydrogen (secondary N) is 1. The molecule has 2 aromatic rings. The van der Waals surface area contributed by atoms with Gasteiger partial charge >= 0.3 is 0 Å². The highest BCUT2D eigenvalue weighted by Gasteiger charge is 2.26. The molecule has 0 bridgehead atoms. The third-order valence-electron chi connectivity index (χ3n) is 3.48. The van der Waals surface area contributed by atoms with E-state index < -0.39 is 45.2 Å². The molecule has 1 aromatic heterocycles. The van der Waals surface area contributed by atoms with Gasteiger partial charge in [-0.25, -0.2) is 0 Å². The Morgan fingerprint density at radius 2 is 1.55 bits per heavy atom. The van der Waals surface area contributed by atoms with Gasteiger partial charge in [0.05, 0.1) is 5.39 Å². The van der Waals surface area contributed by atoms with E-state index in [1.54, 1.807) is 13.8 Å². The zero-order chi connectivity index (χ0) is 15.2. The second-order valence-electron chi connectivity index (χ2n) is 4.67. The number of phenolic OH excluding ortho intramolecular Hbond substituents is 3. The molecule has 2 rings (SSSR count). The van der Waals surface area contributed by atoms with Crippen molar-refractivity contribution in [1.29, 1.82) is 0 Å². The summed E-state index contributed by atoms with van der Waals surface area (Å²) in [6.45, 7) is 3.50. The molecular formula is C13H15NO6. The van der Waals surface area contributed by atoms with E-state index in [-0.39, 0.29) is 11.5 Å². The van der Waals surface area contributed by atoms with Gasteiger partial charge in [-0.1, -0.05) is 13.8 Å². The lowest BCUT2D eigenvalue weighted by atomic mass is 9.93. The zero-order valence-electron chi connectivity index (χ0n) is 10.9. The van der Waals surface area contributed by atoms with Crippen molar-refractivity contribution in [1.82, 2.24) is 4.98 Å². The zero-order valence-corrected chi connectivity index (χ0v) is 10.9. The van der Waals surface area contributed by atoms with Crippen LogP contribution in [0, 0.1) is 0 Å². The SMILES string of the molecule is CCC(C)c1c(O)c(O)c2c(=O)[nH]c(O)c(O)c2c1O. The molecular weight excluding hydrogens is 266 g/mol. The van der Waals surface area contributed by atoms with Crippen LogP contribution in [0.2, 0.25) is 0 Å². The first-order valence-electron chi connectivity index (χ1n) is 6.05. The molecule has 6 N–H and O–H groups in total. The first-order chi connectivity index (χ1) is 9.31. The number of phenols is 3. The number of aromatic nitrogens is 1. The largest absolute Gasteiger partial charge is 0.507 e. The van der Waals surface area contributed by atoms with Gasteiger partial charge in [0.15, 0.2) is 17.2 Å². The van der Waals surface area contributed by atoms with Gasteiger partial charge < -0.3 is 25.5 Å². The summed E-state index contributed by atoms with van der Waals surface area (Å²) in [5.41, 5.74) is -0.924. The van der Waals surface area contributed by atoms with Crippen molar-refractivity contribution < 1.29 is 25.5 Å². The van der Waals surface area contributed by atoms with Crippen LogP contribution < -0.4 is 5.56 Å². The minimum atomic E-state index is -0.936. The number of H-pyrrole nitrogens is 1. The van der Waals surface area contributed by atoms with E-state index in [9.17, 15) is 30.3 Å². The summed E-state index contributed by atoms with van der Waals surface area (Å²) in [6, 6.07) is 0. The number of aromatic hydroxyl groups is 5. The third-order valence-corrected chi connectivity index (χ3v) is 3.48. The second kappa shape index (κ2) is 4.52. The Hall–Kier alpha value is -2.57. The third kappa shape index (κ3) is 1.70. The molecule has 0 radical (unpaired) electrons. The fourth-order valence-corrected chi connectivity index (χ4v) is 2.20. The maximum Gasteiger partial charge on any atom is 0.262 e. The van der Waals surface area contributed by atoms with Crippen molar-refractivity contribution in [2.45, 2.75) is 26.2 Å². The molecule has 1 aromatic carbocycles. The molecule has 0 aliphatic carbocycles. The molecule has 0 aliphatic rings. The monoisotopic (exact) mass is 281 g/mol. The van der Waals surface area contributed by atoms with Gasteiger partial charge in [0, 0.05) is 5.56 Å². The number of fused-ring (bicyclic) bond motifs is 1. The summed E-state index contributed by atoms with van der Waals surface area (Å²) < 4.78 is 0. The molecule has 0 saturated heterocycles. The molecule has 7 heteroatoms. The molecule has 1 unspecified atom stereocenters. The Morgan fingerprint density at radius 3 is 2.10 bits per heavy atom. The molecule has 0 saturated carbocycles. The maximum absolute atomic E-state index is 11.7. The predicted molar refractivity (Wildman–Crippen MR) is 71.6 cm³/mol. The van der Waals surface area contributed by atoms with E-state index in [1.165, 1.54) is 0 Å². The average molecular weight is 281 g/mol. The highest BCUT2D eigenvalue weighted by Crippen LogP contribution is 2.50. The first-order valence-corrected chi connectivity index (χ1v) is 6.05. The molecule has 20 heavy (non-hydrogen) atoms. The molecule has 1 atom stereocenters. The van der Waals surface area contributed by atoms with Gasteiger partial charge in [-0.15, -0.1) is 0 Å². The van der Waals surface area contributed by atoms with Crippen LogP contribution in [0.25, 0.3) is 10.8 Å². The van der Waals surface area contributed by atoms with Crippen molar-refractivity contribution in [3.63, 3.8) is 0 Å². The predicted octanol–water partition coefficient (Wildman–Crippen LogP) is 1.57. The summed E-state index contributed by atoms with van der Waals surface area (Å²) in [5.74, 6) is -3.81. The molecule has 108 valence electrons. The Bertz CT molecular complexity index is 749. The van der Waals surface area contributed by atoms with E-state index in [2.05, 4.69) is 0 Å². The van der Waals surface area contributed by atoms with Crippen molar-refractivity contribution in [3.8, 4) is 28.9 Å². The van der Waals surface area contributed by atoms with Gasteiger partial charge in [-0.2, -0.15) is 0 Å². The van der Waals surface area contributed by atoms with Gasteiger partial charge in [0.2, 0.25) is 5.88 Å². The Morgan fingerprint density at radius 1 is 0.950 bits per heavy atom. The van der Waals surface area contributed by atoms with Crippen LogP contribution in [0.3, 0.4) is 0 Å². The van der Waals surface area contributed by atoms with Gasteiger partial charge in [0.1, 0.15) is 11.1 Å². The normalized spacial score (nSPS) is 12.7. The van der Waals surface area contributed by atoms with Gasteiger partial charge in [-0.3, -0.25) is 9.78 Å². The highest BCUT2D eigenvalue weighted by molar-refractivity contribution is 6.01. The fraction of sp³-hybridized carbons (Fsp3) is 0.308. The number of hydrogen-bond acceptors (Lipinski definition) is 6. The van der Waals surface area contributed by atoms with E-state index in [4.69, 9.17) is 0 Å². The van der Waals surface area contributed by atoms with Crippen LogP contribution in [-0.4, -0.2) is 30.5 Å². The lowest BCUT2D eigenvalue weighted by Crippen LogP contribution is -2.07. The first kappa shape index (κ1) is 13.9. The second-order valence-corrected chi connectivity index (χ2v) is 4.67. The van der Waals surface area contributed by atoms with E-state index in [0.717, 1.165) is 0 Å². The van der Waals surface area contributed by atoms with Crippen molar-refractivity contribution in [3.05, 3.63) is 15.9 Å². The van der Waals surface area contributed by atoms with Crippen LogP contribution in [-0.2, 0) is 0 Å². The summed E-state index contributed by atoms with van der Waals surface area (Å²) in [5, 5.41) is 48.4. The molecule has 0 aliphatic heterocycles. The lowest BCUT2D eigenvalue weighted by molar-refractivity contribution is 0.380. The average Bonchev–Trinajstić information content (AvgIpc) is 2.40. The van der Waals surface area contributed by atoms with Crippen LogP contribution in [0.5, 0.6) is 28.9 Å². The van der Waals surface area contributed by atoms with Crippen molar-refractivity contribution in [2.75, 3.05) is 0 Å². The Labute approximate surface area is 113 Å². The number of pyridine rings is 1. The van der Waals surface area contributed by atoms with Gasteiger partial charge in [0.25, 0.3) is 5.56 Å². The summed E-state index contributed by atoms with van der Waals surface area (Å²) >= 11 is 0. The highest BCUT2D eigenvalue weighted by atomic mass is 16.3. The summed E-state index contributed by atoms with van der Waals surface area (Å²) in [7, 11) is 0. The lowest BCUT2D eigenvalue weighted by Gasteiger charge is -2.17. The Balaban J connectivity index is 3.10. The number of hydrogen-bond donors (Lipinski definition) is 6. The standard InChI is InChI=1S/C13H15NO6/c1-3-4(2)5-8(15)6-7(10(17)9(5)16)12(19)14-13(20)11(6)18/h4,15-18H,3H2,1-2H3,(H2,14,19,20). The van der Waals surface area contributed by atoms with E-state index in [1.807, 2.05) is 4.98 Å². The molecule has 1 heterocycles. The minimum absolute atomic E-state index is 0.0119. The molecule has 0 spiro atoms. The minimum Gasteiger partial charge on any atom is -0.507 e. The number of rotatable bonds is 2. The van der Waals surface area contributed by atoms with Crippen LogP contribution >= 0.6 is 0 Å². The maximum atomic E-state index is 11.7. The van der Waals surface area contributed by atoms with Gasteiger partial charge in [-0.05, 0) is 12.3 Å². The van der Waals surface area contributed by atoms with Crippen molar-refractivity contribution >= 4 is 10.8 Å². The molecule has 7 nitrogen and oxygen atoms in total.